The predicted molar refractivity (Wildman–Crippen MR) is 99.5 cm³/mol. The highest BCUT2D eigenvalue weighted by Crippen LogP contribution is 2.40. The molecule has 0 unspecified atom stereocenters. The molecular formula is C18H19ClN2O3S. The second-order valence-corrected chi connectivity index (χ2v) is 7.67. The van der Waals surface area contributed by atoms with Gasteiger partial charge in [0.1, 0.15) is 0 Å². The first-order chi connectivity index (χ1) is 11.9. The molecule has 1 aromatic carbocycles. The Morgan fingerprint density at radius 2 is 2.20 bits per heavy atom. The van der Waals surface area contributed by atoms with Crippen LogP contribution in [0.25, 0.3) is 0 Å². The topological polar surface area (TPSA) is 59.0 Å². The summed E-state index contributed by atoms with van der Waals surface area (Å²) in [4.78, 5) is 31.5. The highest BCUT2D eigenvalue weighted by atomic mass is 35.5. The molecule has 2 heterocycles. The SMILES string of the molecule is CC1=C(C(=O)OC(C)C)[C@@H](c2cccc(Cl)c2)N2C(=O)CCSC2=N1. The molecule has 0 aliphatic carbocycles. The summed E-state index contributed by atoms with van der Waals surface area (Å²) in [5, 5.41) is 1.17. The maximum absolute atomic E-state index is 12.7. The maximum atomic E-state index is 12.7. The Labute approximate surface area is 156 Å². The number of carbonyl (C=O) groups excluding carboxylic acids is 2. The number of halogens is 1. The molecule has 0 aromatic heterocycles. The van der Waals surface area contributed by atoms with Crippen LogP contribution >= 0.6 is 23.4 Å². The molecule has 25 heavy (non-hydrogen) atoms. The van der Waals surface area contributed by atoms with Crippen molar-refractivity contribution in [2.24, 2.45) is 4.99 Å². The third kappa shape index (κ3) is 3.60. The van der Waals surface area contributed by atoms with E-state index in [0.29, 0.717) is 33.6 Å². The number of fused-ring (bicyclic) bond motifs is 1. The van der Waals surface area contributed by atoms with E-state index in [2.05, 4.69) is 4.99 Å². The summed E-state index contributed by atoms with van der Waals surface area (Å²) in [6.07, 6.45) is 0.149. The van der Waals surface area contributed by atoms with E-state index in [0.717, 1.165) is 5.56 Å². The van der Waals surface area contributed by atoms with Crippen LogP contribution in [0.1, 0.15) is 38.8 Å². The third-order valence-electron chi connectivity index (χ3n) is 3.93. The van der Waals surface area contributed by atoms with Crippen LogP contribution in [0, 0.1) is 0 Å². The molecule has 0 N–H and O–H groups in total. The van der Waals surface area contributed by atoms with Gasteiger partial charge in [-0.25, -0.2) is 9.79 Å². The van der Waals surface area contributed by atoms with E-state index in [4.69, 9.17) is 16.3 Å². The summed E-state index contributed by atoms with van der Waals surface area (Å²) in [6, 6.07) is 6.64. The smallest absolute Gasteiger partial charge is 0.338 e. The monoisotopic (exact) mass is 378 g/mol. The van der Waals surface area contributed by atoms with Crippen LogP contribution in [0.5, 0.6) is 0 Å². The van der Waals surface area contributed by atoms with Crippen LogP contribution in [0.4, 0.5) is 0 Å². The number of nitrogens with zero attached hydrogens (tertiary/aromatic N) is 2. The van der Waals surface area contributed by atoms with Gasteiger partial charge in [0.15, 0.2) is 5.17 Å². The molecule has 1 saturated heterocycles. The number of thioether (sulfide) groups is 1. The number of amides is 1. The first kappa shape index (κ1) is 18.0. The Bertz CT molecular complexity index is 788. The van der Waals surface area contributed by atoms with Crippen LogP contribution < -0.4 is 0 Å². The molecule has 132 valence electrons. The van der Waals surface area contributed by atoms with Gasteiger partial charge in [0.25, 0.3) is 0 Å². The highest BCUT2D eigenvalue weighted by molar-refractivity contribution is 8.14. The minimum atomic E-state index is -0.572. The van der Waals surface area contributed by atoms with E-state index in [1.54, 1.807) is 37.8 Å². The number of rotatable bonds is 3. The Hall–Kier alpha value is -1.79. The molecule has 1 fully saturated rings. The van der Waals surface area contributed by atoms with E-state index < -0.39 is 12.0 Å². The first-order valence-electron chi connectivity index (χ1n) is 8.09. The summed E-state index contributed by atoms with van der Waals surface area (Å²) in [5.41, 5.74) is 1.73. The zero-order valence-corrected chi connectivity index (χ0v) is 15.9. The van der Waals surface area contributed by atoms with E-state index in [-0.39, 0.29) is 12.0 Å². The molecule has 5 nitrogen and oxygen atoms in total. The molecule has 2 aliphatic heterocycles. The molecular weight excluding hydrogens is 360 g/mol. The van der Waals surface area contributed by atoms with Crippen molar-refractivity contribution in [3.05, 3.63) is 46.1 Å². The number of esters is 1. The number of allylic oxidation sites excluding steroid dienone is 1. The maximum Gasteiger partial charge on any atom is 0.338 e. The number of aliphatic imine (C=N–C) groups is 1. The first-order valence-corrected chi connectivity index (χ1v) is 9.45. The van der Waals surface area contributed by atoms with Crippen molar-refractivity contribution in [2.45, 2.75) is 39.3 Å². The lowest BCUT2D eigenvalue weighted by atomic mass is 9.94. The zero-order chi connectivity index (χ0) is 18.1. The van der Waals surface area contributed by atoms with Crippen molar-refractivity contribution in [3.8, 4) is 0 Å². The standard InChI is InChI=1S/C18H19ClN2O3S/c1-10(2)24-17(23)15-11(3)20-18-21(14(22)7-8-25-18)16(15)12-5-4-6-13(19)9-12/h4-6,9-10,16H,7-8H2,1-3H3/t16-/m1/s1. The molecule has 3 rings (SSSR count). The van der Waals surface area contributed by atoms with Gasteiger partial charge in [-0.3, -0.25) is 9.69 Å². The Morgan fingerprint density at radius 3 is 2.88 bits per heavy atom. The zero-order valence-electron chi connectivity index (χ0n) is 14.3. The number of hydrogen-bond donors (Lipinski definition) is 0. The van der Waals surface area contributed by atoms with E-state index in [1.807, 2.05) is 12.1 Å². The molecule has 1 atom stereocenters. The average Bonchev–Trinajstić information content (AvgIpc) is 2.53. The van der Waals surface area contributed by atoms with Crippen molar-refractivity contribution in [3.63, 3.8) is 0 Å². The highest BCUT2D eigenvalue weighted by Gasteiger charge is 2.41. The lowest BCUT2D eigenvalue weighted by Crippen LogP contribution is -2.46. The van der Waals surface area contributed by atoms with Gasteiger partial charge in [-0.1, -0.05) is 35.5 Å². The van der Waals surface area contributed by atoms with Gasteiger partial charge in [0.2, 0.25) is 5.91 Å². The minimum Gasteiger partial charge on any atom is -0.459 e. The lowest BCUT2D eigenvalue weighted by molar-refractivity contribution is -0.143. The molecule has 1 amide bonds. The second-order valence-electron chi connectivity index (χ2n) is 6.17. The molecule has 0 bridgehead atoms. The van der Waals surface area contributed by atoms with Gasteiger partial charge in [-0.2, -0.15) is 0 Å². The van der Waals surface area contributed by atoms with Crippen LogP contribution in [0.3, 0.4) is 0 Å². The lowest BCUT2D eigenvalue weighted by Gasteiger charge is -2.39. The number of ether oxygens (including phenoxy) is 1. The van der Waals surface area contributed by atoms with Crippen LogP contribution in [0.15, 0.2) is 40.5 Å². The van der Waals surface area contributed by atoms with Crippen LogP contribution in [-0.4, -0.2) is 33.8 Å². The fourth-order valence-corrected chi connectivity index (χ4v) is 4.13. The Kier molecular flexibility index (Phi) is 5.20. The van der Waals surface area contributed by atoms with Crippen LogP contribution in [-0.2, 0) is 14.3 Å². The Balaban J connectivity index is 2.14. The van der Waals surface area contributed by atoms with Crippen molar-refractivity contribution >= 4 is 40.4 Å². The van der Waals surface area contributed by atoms with Crippen molar-refractivity contribution < 1.29 is 14.3 Å². The average molecular weight is 379 g/mol. The van der Waals surface area contributed by atoms with Crippen molar-refractivity contribution in [2.75, 3.05) is 5.75 Å². The summed E-state index contributed by atoms with van der Waals surface area (Å²) in [7, 11) is 0. The number of hydrogen-bond acceptors (Lipinski definition) is 5. The minimum absolute atomic E-state index is 0.0511. The van der Waals surface area contributed by atoms with Gasteiger partial charge in [-0.05, 0) is 38.5 Å². The molecule has 1 aromatic rings. The van der Waals surface area contributed by atoms with Crippen molar-refractivity contribution in [1.29, 1.82) is 0 Å². The molecule has 2 aliphatic rings. The molecule has 0 spiro atoms. The fraction of sp³-hybridized carbons (Fsp3) is 0.389. The van der Waals surface area contributed by atoms with Gasteiger partial charge in [0.05, 0.1) is 23.4 Å². The number of amidine groups is 1. The summed E-state index contributed by atoms with van der Waals surface area (Å²) in [5.74, 6) is 0.184. The van der Waals surface area contributed by atoms with Gasteiger partial charge in [0, 0.05) is 17.2 Å². The normalized spacial score (nSPS) is 20.5. The Morgan fingerprint density at radius 1 is 1.44 bits per heavy atom. The van der Waals surface area contributed by atoms with Gasteiger partial charge in [-0.15, -0.1) is 0 Å². The molecule has 0 saturated carbocycles. The van der Waals surface area contributed by atoms with Gasteiger partial charge < -0.3 is 4.74 Å². The van der Waals surface area contributed by atoms with Crippen molar-refractivity contribution in [1.82, 2.24) is 4.90 Å². The summed E-state index contributed by atoms with van der Waals surface area (Å²) in [6.45, 7) is 5.36. The number of carbonyl (C=O) groups is 2. The summed E-state index contributed by atoms with van der Waals surface area (Å²) < 4.78 is 5.41. The third-order valence-corrected chi connectivity index (χ3v) is 5.12. The predicted octanol–water partition coefficient (Wildman–Crippen LogP) is 3.94. The quantitative estimate of drug-likeness (QED) is 0.747. The number of benzene rings is 1. The van der Waals surface area contributed by atoms with Gasteiger partial charge >= 0.3 is 5.97 Å². The largest absolute Gasteiger partial charge is 0.459 e. The molecule has 0 radical (unpaired) electrons. The summed E-state index contributed by atoms with van der Waals surface area (Å²) >= 11 is 7.67. The van der Waals surface area contributed by atoms with E-state index >= 15 is 0 Å². The fourth-order valence-electron chi connectivity index (χ4n) is 2.93. The molecule has 7 heteroatoms. The van der Waals surface area contributed by atoms with E-state index in [9.17, 15) is 9.59 Å². The second kappa shape index (κ2) is 7.22. The van der Waals surface area contributed by atoms with Crippen LogP contribution in [0.2, 0.25) is 5.02 Å². The van der Waals surface area contributed by atoms with E-state index in [1.165, 1.54) is 11.8 Å².